The van der Waals surface area contributed by atoms with Gasteiger partial charge in [-0.05, 0) is 30.2 Å². The molecule has 0 fully saturated rings. The molecule has 24 heavy (non-hydrogen) atoms. The Hall–Kier alpha value is -2.53. The van der Waals surface area contributed by atoms with Crippen LogP contribution in [0, 0.1) is 0 Å². The molecule has 0 spiro atoms. The topological polar surface area (TPSA) is 53.7 Å². The maximum atomic E-state index is 5.80. The van der Waals surface area contributed by atoms with Crippen molar-refractivity contribution in [2.45, 2.75) is 6.42 Å². The van der Waals surface area contributed by atoms with Crippen LogP contribution in [0.1, 0.15) is 11.1 Å². The lowest BCUT2D eigenvalue weighted by atomic mass is 10.1. The zero-order valence-corrected chi connectivity index (χ0v) is 14.5. The number of para-hydroxylation sites is 1. The van der Waals surface area contributed by atoms with E-state index in [1.165, 1.54) is 0 Å². The van der Waals surface area contributed by atoms with Gasteiger partial charge in [0.2, 0.25) is 0 Å². The highest BCUT2D eigenvalue weighted by Crippen LogP contribution is 2.25. The van der Waals surface area contributed by atoms with Crippen LogP contribution >= 0.6 is 12.2 Å². The Balaban J connectivity index is 1.97. The average molecular weight is 343 g/mol. The van der Waals surface area contributed by atoms with Crippen LogP contribution in [0.4, 0.5) is 0 Å². The number of rotatable bonds is 9. The second-order valence-corrected chi connectivity index (χ2v) is 5.46. The van der Waals surface area contributed by atoms with Crippen LogP contribution in [0.25, 0.3) is 0 Å². The second kappa shape index (κ2) is 8.93. The fourth-order valence-corrected chi connectivity index (χ4v) is 2.39. The van der Waals surface area contributed by atoms with Crippen LogP contribution in [0.3, 0.4) is 0 Å². The van der Waals surface area contributed by atoms with Crippen LogP contribution in [-0.4, -0.2) is 25.3 Å². The van der Waals surface area contributed by atoms with E-state index >= 15 is 0 Å². The van der Waals surface area contributed by atoms with Crippen LogP contribution < -0.4 is 19.9 Å². The van der Waals surface area contributed by atoms with E-state index < -0.39 is 0 Å². The third-order valence-electron chi connectivity index (χ3n) is 3.39. The molecule has 126 valence electrons. The first kappa shape index (κ1) is 17.8. The Morgan fingerprint density at radius 3 is 2.50 bits per heavy atom. The van der Waals surface area contributed by atoms with Gasteiger partial charge in [-0.2, -0.15) is 0 Å². The van der Waals surface area contributed by atoms with Gasteiger partial charge in [-0.3, -0.25) is 0 Å². The minimum atomic E-state index is 0.282. The van der Waals surface area contributed by atoms with Crippen molar-refractivity contribution in [2.75, 3.05) is 20.3 Å². The summed E-state index contributed by atoms with van der Waals surface area (Å²) in [5, 5.41) is 0. The Morgan fingerprint density at radius 1 is 1.12 bits per heavy atom. The summed E-state index contributed by atoms with van der Waals surface area (Å²) >= 11 is 5.05. The lowest BCUT2D eigenvalue weighted by molar-refractivity contribution is 0.215. The van der Waals surface area contributed by atoms with E-state index in [1.807, 2.05) is 30.3 Å². The van der Waals surface area contributed by atoms with Crippen molar-refractivity contribution in [2.24, 2.45) is 5.73 Å². The van der Waals surface area contributed by atoms with Crippen molar-refractivity contribution in [1.82, 2.24) is 0 Å². The van der Waals surface area contributed by atoms with Crippen molar-refractivity contribution < 1.29 is 14.2 Å². The van der Waals surface area contributed by atoms with Crippen molar-refractivity contribution in [1.29, 1.82) is 0 Å². The average Bonchev–Trinajstić information content (AvgIpc) is 2.60. The summed E-state index contributed by atoms with van der Waals surface area (Å²) in [4.78, 5) is 0.282. The first-order valence-electron chi connectivity index (χ1n) is 7.58. The highest BCUT2D eigenvalue weighted by Gasteiger charge is 2.09. The molecule has 0 aliphatic rings. The molecule has 0 aliphatic carbocycles. The molecule has 2 aromatic carbocycles. The highest BCUT2D eigenvalue weighted by molar-refractivity contribution is 7.80. The Bertz CT molecular complexity index is 716. The van der Waals surface area contributed by atoms with E-state index in [0.29, 0.717) is 30.3 Å². The van der Waals surface area contributed by atoms with Crippen LogP contribution in [-0.2, 0) is 6.42 Å². The van der Waals surface area contributed by atoms with E-state index in [9.17, 15) is 0 Å². The zero-order valence-electron chi connectivity index (χ0n) is 13.7. The minimum absolute atomic E-state index is 0.282. The number of allylic oxidation sites excluding steroid dienone is 1. The molecule has 2 rings (SSSR count). The molecule has 0 aromatic heterocycles. The number of methoxy groups -OCH3 is 1. The fraction of sp³-hybridized carbons (Fsp3) is 0.211. The Kier molecular flexibility index (Phi) is 6.63. The maximum Gasteiger partial charge on any atom is 0.133 e. The van der Waals surface area contributed by atoms with Gasteiger partial charge < -0.3 is 19.9 Å². The first-order chi connectivity index (χ1) is 11.7. The lowest BCUT2D eigenvalue weighted by Gasteiger charge is -2.14. The van der Waals surface area contributed by atoms with Gasteiger partial charge in [-0.25, -0.2) is 0 Å². The third kappa shape index (κ3) is 4.73. The van der Waals surface area contributed by atoms with Gasteiger partial charge in [-0.15, -0.1) is 6.58 Å². The van der Waals surface area contributed by atoms with Gasteiger partial charge in [0.05, 0.1) is 12.7 Å². The van der Waals surface area contributed by atoms with Crippen molar-refractivity contribution in [3.63, 3.8) is 0 Å². The van der Waals surface area contributed by atoms with Crippen molar-refractivity contribution in [3.05, 3.63) is 66.2 Å². The SMILES string of the molecule is C=CCc1ccccc1OCCOc1cc(OC)ccc1C(N)=S. The monoisotopic (exact) mass is 343 g/mol. The summed E-state index contributed by atoms with van der Waals surface area (Å²) in [6.07, 6.45) is 2.61. The smallest absolute Gasteiger partial charge is 0.133 e. The Labute approximate surface area is 147 Å². The number of ether oxygens (including phenoxy) is 3. The molecule has 2 N–H and O–H groups in total. The summed E-state index contributed by atoms with van der Waals surface area (Å²) in [6, 6.07) is 13.2. The normalized spacial score (nSPS) is 10.0. The third-order valence-corrected chi connectivity index (χ3v) is 3.61. The molecule has 0 heterocycles. The molecule has 5 heteroatoms. The maximum absolute atomic E-state index is 5.80. The predicted octanol–water partition coefficient (Wildman–Crippen LogP) is 3.52. The molecule has 0 saturated heterocycles. The standard InChI is InChI=1S/C19H21NO3S/c1-3-6-14-7-4-5-8-17(14)22-11-12-23-18-13-15(21-2)9-10-16(18)19(20)24/h3-5,7-10,13H,1,6,11-12H2,2H3,(H2,20,24). The summed E-state index contributed by atoms with van der Waals surface area (Å²) < 4.78 is 16.8. The van der Waals surface area contributed by atoms with Crippen molar-refractivity contribution in [3.8, 4) is 17.2 Å². The first-order valence-corrected chi connectivity index (χ1v) is 7.98. The molecular weight excluding hydrogens is 322 g/mol. The van der Waals surface area contributed by atoms with E-state index in [4.69, 9.17) is 32.2 Å². The van der Waals surface area contributed by atoms with Crippen LogP contribution in [0.2, 0.25) is 0 Å². The lowest BCUT2D eigenvalue weighted by Crippen LogP contribution is -2.15. The van der Waals surface area contributed by atoms with Crippen molar-refractivity contribution >= 4 is 17.2 Å². The molecule has 0 radical (unpaired) electrons. The molecule has 0 atom stereocenters. The number of nitrogens with two attached hydrogens (primary N) is 1. The fourth-order valence-electron chi connectivity index (χ4n) is 2.22. The number of hydrogen-bond donors (Lipinski definition) is 1. The molecule has 0 unspecified atom stereocenters. The van der Waals surface area contributed by atoms with Crippen LogP contribution in [0.5, 0.6) is 17.2 Å². The Morgan fingerprint density at radius 2 is 1.83 bits per heavy atom. The number of benzene rings is 2. The highest BCUT2D eigenvalue weighted by atomic mass is 32.1. The predicted molar refractivity (Wildman–Crippen MR) is 100 cm³/mol. The van der Waals surface area contributed by atoms with E-state index in [-0.39, 0.29) is 4.99 Å². The van der Waals surface area contributed by atoms with Gasteiger partial charge in [0.1, 0.15) is 35.5 Å². The van der Waals surface area contributed by atoms with Gasteiger partial charge in [0.25, 0.3) is 0 Å². The molecule has 0 saturated carbocycles. The number of hydrogen-bond acceptors (Lipinski definition) is 4. The summed E-state index contributed by atoms with van der Waals surface area (Å²) in [7, 11) is 1.60. The quantitative estimate of drug-likeness (QED) is 0.429. The molecule has 0 aliphatic heterocycles. The van der Waals surface area contributed by atoms with Gasteiger partial charge in [0, 0.05) is 6.07 Å². The molecule has 2 aromatic rings. The largest absolute Gasteiger partial charge is 0.497 e. The van der Waals surface area contributed by atoms with E-state index in [0.717, 1.165) is 17.7 Å². The molecule has 4 nitrogen and oxygen atoms in total. The van der Waals surface area contributed by atoms with Gasteiger partial charge in [-0.1, -0.05) is 36.5 Å². The van der Waals surface area contributed by atoms with Gasteiger partial charge >= 0.3 is 0 Å². The summed E-state index contributed by atoms with van der Waals surface area (Å²) in [5.74, 6) is 2.10. The second-order valence-electron chi connectivity index (χ2n) is 5.02. The molecular formula is C19H21NO3S. The van der Waals surface area contributed by atoms with E-state index in [2.05, 4.69) is 6.58 Å². The van der Waals surface area contributed by atoms with Crippen LogP contribution in [0.15, 0.2) is 55.1 Å². The van der Waals surface area contributed by atoms with Gasteiger partial charge in [0.15, 0.2) is 0 Å². The zero-order chi connectivity index (χ0) is 17.4. The summed E-state index contributed by atoms with van der Waals surface area (Å²) in [6.45, 7) is 4.53. The van der Waals surface area contributed by atoms with E-state index in [1.54, 1.807) is 25.3 Å². The summed E-state index contributed by atoms with van der Waals surface area (Å²) in [5.41, 5.74) is 7.50. The molecule has 0 amide bonds. The number of thiocarbonyl (C=S) groups is 1. The minimum Gasteiger partial charge on any atom is -0.497 e. The molecule has 0 bridgehead atoms.